The molecule has 0 bridgehead atoms. The molecule has 15 heteroatoms. The van der Waals surface area contributed by atoms with Crippen LogP contribution in [0.1, 0.15) is 40.9 Å². The maximum atomic E-state index is 16.5. The Morgan fingerprint density at radius 3 is 2.41 bits per heavy atom. The quantitative estimate of drug-likeness (QED) is 0.180. The second-order valence-electron chi connectivity index (χ2n) is 15.5. The number of piperazine rings is 1. The number of nitrogens with zero attached hydrogens (tertiary/aromatic N) is 7. The third-order valence-electron chi connectivity index (χ3n) is 11.4. The lowest BCUT2D eigenvalue weighted by Gasteiger charge is -2.36. The van der Waals surface area contributed by atoms with E-state index in [9.17, 15) is 19.2 Å². The Morgan fingerprint density at radius 2 is 1.69 bits per heavy atom. The molecule has 0 spiro atoms. The summed E-state index contributed by atoms with van der Waals surface area (Å²) in [6, 6.07) is 17.8. The van der Waals surface area contributed by atoms with E-state index in [1.54, 1.807) is 48.1 Å². The van der Waals surface area contributed by atoms with Gasteiger partial charge in [-0.05, 0) is 71.5 Å². The van der Waals surface area contributed by atoms with Crippen LogP contribution in [0.5, 0.6) is 0 Å². The van der Waals surface area contributed by atoms with Crippen LogP contribution < -0.4 is 15.1 Å². The first-order chi connectivity index (χ1) is 28.5. The van der Waals surface area contributed by atoms with Crippen molar-refractivity contribution in [3.63, 3.8) is 0 Å². The molecule has 13 nitrogen and oxygen atoms in total. The maximum Gasteiger partial charge on any atom is 0.328 e. The molecule has 0 atom stereocenters. The molecule has 0 saturated carbocycles. The van der Waals surface area contributed by atoms with Gasteiger partial charge in [0.05, 0.1) is 11.2 Å². The zero-order valence-corrected chi connectivity index (χ0v) is 33.2. The van der Waals surface area contributed by atoms with Crippen molar-refractivity contribution in [3.8, 4) is 11.1 Å². The van der Waals surface area contributed by atoms with Crippen molar-refractivity contribution in [3.05, 3.63) is 108 Å². The number of hydrogen-bond donors (Lipinski definition) is 2. The molecule has 5 amide bonds. The Hall–Kier alpha value is -6.35. The Balaban J connectivity index is 0.942. The highest BCUT2D eigenvalue weighted by atomic mass is 19.1. The number of aromatic amines is 1. The van der Waals surface area contributed by atoms with Crippen LogP contribution in [0.25, 0.3) is 27.6 Å². The van der Waals surface area contributed by atoms with Crippen molar-refractivity contribution in [1.29, 1.82) is 0 Å². The summed E-state index contributed by atoms with van der Waals surface area (Å²) in [7, 11) is 3.31. The summed E-state index contributed by atoms with van der Waals surface area (Å²) in [4.78, 5) is 62.0. The van der Waals surface area contributed by atoms with E-state index in [0.29, 0.717) is 61.3 Å². The molecule has 5 aromatic rings. The van der Waals surface area contributed by atoms with Gasteiger partial charge in [0.1, 0.15) is 11.5 Å². The first kappa shape index (κ1) is 39.5. The molecule has 8 rings (SSSR count). The summed E-state index contributed by atoms with van der Waals surface area (Å²) in [6.45, 7) is 5.16. The van der Waals surface area contributed by atoms with Gasteiger partial charge in [-0.15, -0.1) is 0 Å². The molecule has 3 aliphatic heterocycles. The lowest BCUT2D eigenvalue weighted by Crippen LogP contribution is -2.49. The zero-order valence-electron chi connectivity index (χ0n) is 33.2. The fourth-order valence-electron chi connectivity index (χ4n) is 8.12. The number of rotatable bonds is 11. The van der Waals surface area contributed by atoms with Gasteiger partial charge < -0.3 is 19.7 Å². The molecule has 5 heterocycles. The fourth-order valence-corrected chi connectivity index (χ4v) is 8.12. The van der Waals surface area contributed by atoms with Gasteiger partial charge in [0.15, 0.2) is 5.82 Å². The van der Waals surface area contributed by atoms with Gasteiger partial charge in [-0.3, -0.25) is 34.2 Å². The summed E-state index contributed by atoms with van der Waals surface area (Å²) < 4.78 is 33.5. The van der Waals surface area contributed by atoms with Crippen molar-refractivity contribution in [2.75, 3.05) is 76.3 Å². The van der Waals surface area contributed by atoms with Crippen molar-refractivity contribution < 1.29 is 28.0 Å². The number of carbonyl (C=O) groups excluding carboxylic acids is 4. The Morgan fingerprint density at radius 1 is 0.898 bits per heavy atom. The van der Waals surface area contributed by atoms with Gasteiger partial charge in [0.25, 0.3) is 5.91 Å². The molecular formula is C44H47F2N9O4. The Bertz CT molecular complexity index is 2420. The molecule has 0 aliphatic carbocycles. The van der Waals surface area contributed by atoms with E-state index in [2.05, 4.69) is 32.4 Å². The number of imide groups is 1. The number of nitrogens with one attached hydrogen (secondary N) is 2. The largest absolute Gasteiger partial charge is 0.367 e. The minimum absolute atomic E-state index is 0.0187. The zero-order chi connectivity index (χ0) is 41.2. The number of H-pyrrole nitrogens is 1. The summed E-state index contributed by atoms with van der Waals surface area (Å²) in [5.74, 6) is -1.48. The number of amides is 5. The first-order valence-electron chi connectivity index (χ1n) is 20.0. The average molecular weight is 804 g/mol. The van der Waals surface area contributed by atoms with Crippen LogP contribution in [-0.4, -0.2) is 120 Å². The van der Waals surface area contributed by atoms with Gasteiger partial charge in [-0.2, -0.15) is 5.10 Å². The molecule has 3 aromatic carbocycles. The van der Waals surface area contributed by atoms with E-state index < -0.39 is 17.7 Å². The molecule has 0 radical (unpaired) electrons. The summed E-state index contributed by atoms with van der Waals surface area (Å²) >= 11 is 0. The first-order valence-corrected chi connectivity index (χ1v) is 20.0. The van der Waals surface area contributed by atoms with Crippen molar-refractivity contribution in [2.24, 2.45) is 0 Å². The molecule has 306 valence electrons. The molecule has 2 N–H and O–H groups in total. The van der Waals surface area contributed by atoms with E-state index in [0.717, 1.165) is 48.3 Å². The van der Waals surface area contributed by atoms with Crippen LogP contribution in [0.2, 0.25) is 0 Å². The van der Waals surface area contributed by atoms with E-state index in [1.165, 1.54) is 15.9 Å². The second kappa shape index (κ2) is 16.9. The van der Waals surface area contributed by atoms with Crippen molar-refractivity contribution in [2.45, 2.75) is 32.2 Å². The summed E-state index contributed by atoms with van der Waals surface area (Å²) in [6.07, 6.45) is 7.37. The molecule has 59 heavy (non-hydrogen) atoms. The van der Waals surface area contributed by atoms with E-state index in [-0.39, 0.29) is 48.4 Å². The number of aromatic nitrogens is 3. The third-order valence-corrected chi connectivity index (χ3v) is 11.4. The van der Waals surface area contributed by atoms with Crippen molar-refractivity contribution in [1.82, 2.24) is 34.8 Å². The number of fused-ring (bicyclic) bond motifs is 1. The van der Waals surface area contributed by atoms with Gasteiger partial charge in [0.2, 0.25) is 11.8 Å². The molecule has 3 aliphatic rings. The second-order valence-corrected chi connectivity index (χ2v) is 15.5. The highest BCUT2D eigenvalue weighted by Gasteiger charge is 2.28. The molecule has 0 unspecified atom stereocenters. The van der Waals surface area contributed by atoms with Crippen molar-refractivity contribution >= 4 is 51.6 Å². The minimum atomic E-state index is -0.542. The van der Waals surface area contributed by atoms with E-state index >= 15 is 8.78 Å². The topological polar surface area (TPSA) is 130 Å². The lowest BCUT2D eigenvalue weighted by atomic mass is 9.92. The number of anilines is 2. The predicted octanol–water partition coefficient (Wildman–Crippen LogP) is 5.53. The normalized spacial score (nSPS) is 16.4. The SMILES string of the molecule is CN(C)C(=O)c1cc2c(-c3ccc(CCN4CCN(c5ccc(N6CCC(=O)NC6=O)cc5F)CC4)cc3)cc(C3=CCCN(C(=O)CCn4cccn4)C3)c(F)c2[nH]1. The predicted molar refractivity (Wildman–Crippen MR) is 222 cm³/mol. The number of benzene rings is 3. The van der Waals surface area contributed by atoms with Crippen LogP contribution in [-0.2, 0) is 22.6 Å². The number of urea groups is 1. The number of aryl methyl sites for hydroxylation is 1. The lowest BCUT2D eigenvalue weighted by molar-refractivity contribution is -0.131. The highest BCUT2D eigenvalue weighted by molar-refractivity contribution is 6.06. The highest BCUT2D eigenvalue weighted by Crippen LogP contribution is 2.37. The smallest absolute Gasteiger partial charge is 0.328 e. The van der Waals surface area contributed by atoms with E-state index in [1.807, 2.05) is 41.4 Å². The molecule has 2 saturated heterocycles. The summed E-state index contributed by atoms with van der Waals surface area (Å²) in [5.41, 5.74) is 5.36. The summed E-state index contributed by atoms with van der Waals surface area (Å²) in [5, 5.41) is 7.07. The number of halogens is 2. The Labute approximate surface area is 340 Å². The third kappa shape index (κ3) is 8.46. The standard InChI is InChI=1S/C44H47F2N9O4/c1-50(2)43(58)37-27-35-33(26-34(41(46)42(35)48-37)31-5-3-16-53(28-31)40(57)14-19-54-17-4-15-47-54)30-8-6-29(7-9-30)12-18-51-21-23-52(24-22-51)38-11-10-32(25-36(38)45)55-20-13-39(56)49-44(55)59/h4-11,15,17,25-27,48H,3,12-14,16,18-24,28H2,1-2H3,(H,49,56,59). The number of hydrogen-bond acceptors (Lipinski definition) is 7. The van der Waals surface area contributed by atoms with Crippen LogP contribution >= 0.6 is 0 Å². The average Bonchev–Trinajstić information content (AvgIpc) is 3.94. The molecule has 2 aromatic heterocycles. The minimum Gasteiger partial charge on any atom is -0.367 e. The van der Waals surface area contributed by atoms with Crippen LogP contribution in [0.3, 0.4) is 0 Å². The monoisotopic (exact) mass is 803 g/mol. The van der Waals surface area contributed by atoms with Crippen LogP contribution in [0, 0.1) is 11.6 Å². The van der Waals surface area contributed by atoms with Gasteiger partial charge >= 0.3 is 6.03 Å². The molecular weight excluding hydrogens is 757 g/mol. The number of carbonyl (C=O) groups is 4. The van der Waals surface area contributed by atoms with E-state index in [4.69, 9.17) is 0 Å². The van der Waals surface area contributed by atoms with Crippen LogP contribution in [0.4, 0.5) is 25.0 Å². The van der Waals surface area contributed by atoms with Gasteiger partial charge in [-0.1, -0.05) is 30.3 Å². The van der Waals surface area contributed by atoms with Gasteiger partial charge in [-0.25, -0.2) is 13.6 Å². The maximum absolute atomic E-state index is 16.5. The van der Waals surface area contributed by atoms with Crippen LogP contribution in [0.15, 0.2) is 79.1 Å². The molecule has 2 fully saturated rings. The van der Waals surface area contributed by atoms with Gasteiger partial charge in [0, 0.05) is 115 Å². The fraction of sp³-hybridized carbons (Fsp3) is 0.341. The Kier molecular flexibility index (Phi) is 11.3.